The number of para-hydroxylation sites is 1. The number of nitrogens with zero attached hydrogens (tertiary/aromatic N) is 1. The van der Waals surface area contributed by atoms with E-state index < -0.39 is 35.6 Å². The first kappa shape index (κ1) is 19.2. The molecule has 2 heterocycles. The van der Waals surface area contributed by atoms with Crippen molar-refractivity contribution < 1.29 is 29.6 Å². The molecule has 2 aromatic rings. The van der Waals surface area contributed by atoms with Crippen molar-refractivity contribution in [3.8, 4) is 5.75 Å². The molecule has 0 aromatic heterocycles. The normalized spacial score (nSPS) is 35.4. The molecule has 156 valence electrons. The van der Waals surface area contributed by atoms with Gasteiger partial charge in [-0.05, 0) is 42.7 Å². The van der Waals surface area contributed by atoms with Crippen molar-refractivity contribution in [2.75, 3.05) is 11.5 Å². The quantitative estimate of drug-likeness (QED) is 0.669. The number of carbonyl (C=O) groups excluding carboxylic acids is 2. The second-order valence-electron chi connectivity index (χ2n) is 8.39. The van der Waals surface area contributed by atoms with E-state index in [0.29, 0.717) is 12.1 Å². The molecule has 0 spiro atoms. The predicted octanol–water partition coefficient (Wildman–Crippen LogP) is 1.98. The summed E-state index contributed by atoms with van der Waals surface area (Å²) in [5, 5.41) is 31.0. The summed E-state index contributed by atoms with van der Waals surface area (Å²) in [4.78, 5) is 27.7. The number of aromatic hydroxyl groups is 1. The number of phenolic OH excluding ortho intramolecular Hbond substituents is 1. The van der Waals surface area contributed by atoms with Crippen molar-refractivity contribution in [1.82, 2.24) is 0 Å². The van der Waals surface area contributed by atoms with Crippen molar-refractivity contribution in [2.24, 2.45) is 23.7 Å². The molecule has 30 heavy (non-hydrogen) atoms. The van der Waals surface area contributed by atoms with Crippen LogP contribution in [-0.2, 0) is 14.3 Å². The van der Waals surface area contributed by atoms with E-state index in [1.165, 1.54) is 4.90 Å². The van der Waals surface area contributed by atoms with E-state index in [9.17, 15) is 24.9 Å². The Balaban J connectivity index is 1.52. The highest BCUT2D eigenvalue weighted by atomic mass is 16.6. The van der Waals surface area contributed by atoms with Crippen LogP contribution in [-0.4, -0.2) is 39.5 Å². The van der Waals surface area contributed by atoms with E-state index in [4.69, 9.17) is 4.74 Å². The lowest BCUT2D eigenvalue weighted by Crippen LogP contribution is -2.54. The Labute approximate surface area is 173 Å². The average molecular weight is 409 g/mol. The summed E-state index contributed by atoms with van der Waals surface area (Å²) < 4.78 is 6.05. The summed E-state index contributed by atoms with van der Waals surface area (Å²) in [5.74, 6) is -4.76. The Hall–Kier alpha value is -2.74. The molecule has 0 bridgehead atoms. The van der Waals surface area contributed by atoms with Gasteiger partial charge in [-0.3, -0.25) is 14.5 Å². The van der Waals surface area contributed by atoms with E-state index in [1.54, 1.807) is 48.5 Å². The Bertz CT molecular complexity index is 977. The zero-order valence-corrected chi connectivity index (χ0v) is 16.2. The second kappa shape index (κ2) is 6.91. The fraction of sp³-hybridized carbons (Fsp3) is 0.391. The zero-order chi connectivity index (χ0) is 21.0. The van der Waals surface area contributed by atoms with Crippen molar-refractivity contribution >= 4 is 17.5 Å². The number of hydrogen-bond donors (Lipinski definition) is 3. The number of carbonyl (C=O) groups is 2. The highest BCUT2D eigenvalue weighted by Crippen LogP contribution is 2.58. The van der Waals surface area contributed by atoms with Crippen LogP contribution in [0.1, 0.15) is 24.5 Å². The van der Waals surface area contributed by atoms with Crippen LogP contribution in [0.3, 0.4) is 0 Å². The number of amides is 2. The third-order valence-electron chi connectivity index (χ3n) is 6.86. The molecule has 2 amide bonds. The summed E-state index contributed by atoms with van der Waals surface area (Å²) in [6.07, 6.45) is 0.0346. The Morgan fingerprint density at radius 2 is 1.70 bits per heavy atom. The molecule has 0 unspecified atom stereocenters. The molecule has 2 aromatic carbocycles. The third kappa shape index (κ3) is 2.70. The highest BCUT2D eigenvalue weighted by Gasteiger charge is 2.66. The monoisotopic (exact) mass is 409 g/mol. The maximum Gasteiger partial charge on any atom is 0.238 e. The second-order valence-corrected chi connectivity index (χ2v) is 8.39. The first-order valence-corrected chi connectivity index (χ1v) is 10.2. The van der Waals surface area contributed by atoms with E-state index >= 15 is 0 Å². The molecular formula is C23H23NO6. The Morgan fingerprint density at radius 1 is 1.00 bits per heavy atom. The maximum atomic E-state index is 13.4. The number of benzene rings is 2. The lowest BCUT2D eigenvalue weighted by Gasteiger charge is -2.44. The Kier molecular flexibility index (Phi) is 4.43. The maximum absolute atomic E-state index is 13.4. The van der Waals surface area contributed by atoms with Gasteiger partial charge in [-0.2, -0.15) is 0 Å². The van der Waals surface area contributed by atoms with Crippen LogP contribution in [0.4, 0.5) is 5.69 Å². The molecule has 3 aliphatic rings. The van der Waals surface area contributed by atoms with Gasteiger partial charge in [0.2, 0.25) is 11.8 Å². The number of ether oxygens (including phenoxy) is 1. The molecule has 7 nitrogen and oxygen atoms in total. The average Bonchev–Trinajstić information content (AvgIpc) is 3.22. The van der Waals surface area contributed by atoms with E-state index in [-0.39, 0.29) is 30.6 Å². The molecule has 2 aliphatic heterocycles. The van der Waals surface area contributed by atoms with E-state index in [0.717, 1.165) is 5.56 Å². The molecule has 2 saturated heterocycles. The zero-order valence-electron chi connectivity index (χ0n) is 16.2. The van der Waals surface area contributed by atoms with Crippen LogP contribution < -0.4 is 4.90 Å². The Morgan fingerprint density at radius 3 is 2.37 bits per heavy atom. The first-order chi connectivity index (χ1) is 14.4. The van der Waals surface area contributed by atoms with Gasteiger partial charge in [0.15, 0.2) is 5.79 Å². The molecular weight excluding hydrogens is 386 g/mol. The SMILES string of the molecule is O=C1[C@H]2[C@H](C[C@H](CO)[C@@]3(O)O[C@H](c4ccc(O)cc4)C[C@@H]23)C(=O)N1c1ccccc1. The van der Waals surface area contributed by atoms with Gasteiger partial charge < -0.3 is 20.1 Å². The number of fused-ring (bicyclic) bond motifs is 3. The van der Waals surface area contributed by atoms with Gasteiger partial charge in [0.25, 0.3) is 0 Å². The summed E-state index contributed by atoms with van der Waals surface area (Å²) in [5.41, 5.74) is 1.28. The largest absolute Gasteiger partial charge is 0.508 e. The van der Waals surface area contributed by atoms with Crippen molar-refractivity contribution in [2.45, 2.75) is 24.7 Å². The number of hydrogen-bond acceptors (Lipinski definition) is 6. The standard InChI is InChI=1S/C23H23NO6/c25-12-14-10-17-20(22(28)24(21(17)27)15-4-2-1-3-5-15)18-11-19(30-23(14,18)29)13-6-8-16(26)9-7-13/h1-9,14,17-20,25-26,29H,10-12H2/t14-,17+,18+,19+,20+,23-/m1/s1. The van der Waals surface area contributed by atoms with E-state index in [2.05, 4.69) is 0 Å². The van der Waals surface area contributed by atoms with Gasteiger partial charge in [-0.15, -0.1) is 0 Å². The molecule has 1 aliphatic carbocycles. The van der Waals surface area contributed by atoms with Gasteiger partial charge >= 0.3 is 0 Å². The van der Waals surface area contributed by atoms with Gasteiger partial charge in [0.05, 0.1) is 30.2 Å². The first-order valence-electron chi connectivity index (χ1n) is 10.2. The number of phenols is 1. The number of imide groups is 1. The molecule has 7 heteroatoms. The van der Waals surface area contributed by atoms with Crippen molar-refractivity contribution in [3.63, 3.8) is 0 Å². The lowest BCUT2D eigenvalue weighted by molar-refractivity contribution is -0.274. The summed E-state index contributed by atoms with van der Waals surface area (Å²) in [7, 11) is 0. The van der Waals surface area contributed by atoms with Gasteiger partial charge in [0.1, 0.15) is 5.75 Å². The number of rotatable bonds is 3. The molecule has 3 fully saturated rings. The minimum atomic E-state index is -1.69. The fourth-order valence-electron chi connectivity index (χ4n) is 5.42. The van der Waals surface area contributed by atoms with Gasteiger partial charge in [-0.1, -0.05) is 30.3 Å². The molecule has 3 N–H and O–H groups in total. The van der Waals surface area contributed by atoms with Crippen molar-refractivity contribution in [1.29, 1.82) is 0 Å². The minimum Gasteiger partial charge on any atom is -0.508 e. The summed E-state index contributed by atoms with van der Waals surface area (Å²) in [6, 6.07) is 15.3. The lowest BCUT2D eigenvalue weighted by atomic mass is 9.64. The molecule has 0 radical (unpaired) electrons. The van der Waals surface area contributed by atoms with Crippen LogP contribution in [0.25, 0.3) is 0 Å². The van der Waals surface area contributed by atoms with Gasteiger partial charge in [-0.25, -0.2) is 0 Å². The summed E-state index contributed by atoms with van der Waals surface area (Å²) in [6.45, 7) is -0.342. The summed E-state index contributed by atoms with van der Waals surface area (Å²) >= 11 is 0. The van der Waals surface area contributed by atoms with Gasteiger partial charge in [0, 0.05) is 11.8 Å². The minimum absolute atomic E-state index is 0.122. The molecule has 1 saturated carbocycles. The predicted molar refractivity (Wildman–Crippen MR) is 106 cm³/mol. The topological polar surface area (TPSA) is 107 Å². The van der Waals surface area contributed by atoms with Crippen LogP contribution in [0.2, 0.25) is 0 Å². The van der Waals surface area contributed by atoms with Crippen LogP contribution >= 0.6 is 0 Å². The van der Waals surface area contributed by atoms with Crippen LogP contribution in [0, 0.1) is 23.7 Å². The van der Waals surface area contributed by atoms with Crippen molar-refractivity contribution in [3.05, 3.63) is 60.2 Å². The molecule has 6 atom stereocenters. The third-order valence-corrected chi connectivity index (χ3v) is 6.86. The fourth-order valence-corrected chi connectivity index (χ4v) is 5.42. The number of anilines is 1. The highest BCUT2D eigenvalue weighted by molar-refractivity contribution is 6.22. The van der Waals surface area contributed by atoms with Crippen LogP contribution in [0.5, 0.6) is 5.75 Å². The van der Waals surface area contributed by atoms with E-state index in [1.807, 2.05) is 6.07 Å². The number of aliphatic hydroxyl groups excluding tert-OH is 1. The molecule has 5 rings (SSSR count). The van der Waals surface area contributed by atoms with Crippen LogP contribution in [0.15, 0.2) is 54.6 Å². The smallest absolute Gasteiger partial charge is 0.238 e. The number of aliphatic hydroxyl groups is 2.